The highest BCUT2D eigenvalue weighted by molar-refractivity contribution is 5.34. The largest absolute Gasteiger partial charge is 0.491 e. The van der Waals surface area contributed by atoms with Crippen LogP contribution in [-0.4, -0.2) is 40.2 Å². The van der Waals surface area contributed by atoms with Crippen LogP contribution >= 0.6 is 0 Å². The van der Waals surface area contributed by atoms with E-state index in [4.69, 9.17) is 10.00 Å². The maximum Gasteiger partial charge on any atom is 0.119 e. The van der Waals surface area contributed by atoms with Crippen molar-refractivity contribution in [1.82, 2.24) is 15.1 Å². The maximum atomic E-state index is 9.92. The number of nitrogens with zero attached hydrogens (tertiary/aromatic N) is 3. The Hall–Kier alpha value is -2.36. The lowest BCUT2D eigenvalue weighted by Gasteiger charge is -2.17. The predicted octanol–water partition coefficient (Wildman–Crippen LogP) is 1.17. The van der Waals surface area contributed by atoms with Gasteiger partial charge in [0.05, 0.1) is 18.2 Å². The van der Waals surface area contributed by atoms with Crippen molar-refractivity contribution in [3.63, 3.8) is 0 Å². The van der Waals surface area contributed by atoms with Crippen LogP contribution in [0.2, 0.25) is 0 Å². The van der Waals surface area contributed by atoms with E-state index >= 15 is 0 Å². The summed E-state index contributed by atoms with van der Waals surface area (Å²) >= 11 is 0. The summed E-state index contributed by atoms with van der Waals surface area (Å²) in [6.45, 7) is 3.43. The van der Waals surface area contributed by atoms with Gasteiger partial charge in [-0.1, -0.05) is 0 Å². The first-order chi connectivity index (χ1) is 10.7. The third kappa shape index (κ3) is 5.20. The van der Waals surface area contributed by atoms with Gasteiger partial charge in [0.15, 0.2) is 0 Å². The number of hydrogen-bond donors (Lipinski definition) is 2. The topological polar surface area (TPSA) is 83.1 Å². The first-order valence-electron chi connectivity index (χ1n) is 7.19. The molecule has 2 N–H and O–H groups in total. The number of rotatable bonds is 8. The molecule has 2 atom stereocenters. The summed E-state index contributed by atoms with van der Waals surface area (Å²) in [5.41, 5.74) is 0.585. The molecular formula is C16H20N4O2. The third-order valence-corrected chi connectivity index (χ3v) is 3.15. The molecule has 2 aromatic rings. The number of aromatic nitrogens is 2. The van der Waals surface area contributed by atoms with E-state index in [-0.39, 0.29) is 12.6 Å². The highest BCUT2D eigenvalue weighted by atomic mass is 16.5. The van der Waals surface area contributed by atoms with Gasteiger partial charge in [0.2, 0.25) is 0 Å². The SMILES string of the molecule is C[C@H](Cn1cccn1)NC[C@H](O)COc1ccc(C#N)cc1. The Kier molecular flexibility index (Phi) is 5.95. The van der Waals surface area contributed by atoms with E-state index in [9.17, 15) is 5.11 Å². The van der Waals surface area contributed by atoms with Crippen LogP contribution in [0.3, 0.4) is 0 Å². The first-order valence-corrected chi connectivity index (χ1v) is 7.19. The smallest absolute Gasteiger partial charge is 0.119 e. The Morgan fingerprint density at radius 2 is 2.18 bits per heavy atom. The van der Waals surface area contributed by atoms with Crippen LogP contribution in [0.4, 0.5) is 0 Å². The Morgan fingerprint density at radius 3 is 2.82 bits per heavy atom. The Balaban J connectivity index is 1.66. The van der Waals surface area contributed by atoms with Crippen LogP contribution in [0.25, 0.3) is 0 Å². The number of ether oxygens (including phenoxy) is 1. The molecule has 6 nitrogen and oxygen atoms in total. The maximum absolute atomic E-state index is 9.92. The number of hydrogen-bond acceptors (Lipinski definition) is 5. The molecule has 0 aliphatic heterocycles. The zero-order valence-electron chi connectivity index (χ0n) is 12.5. The van der Waals surface area contributed by atoms with Crippen molar-refractivity contribution in [1.29, 1.82) is 5.26 Å². The second-order valence-corrected chi connectivity index (χ2v) is 5.14. The van der Waals surface area contributed by atoms with Crippen LogP contribution in [0.1, 0.15) is 12.5 Å². The van der Waals surface area contributed by atoms with Crippen LogP contribution in [0.15, 0.2) is 42.7 Å². The van der Waals surface area contributed by atoms with Crippen LogP contribution in [0, 0.1) is 11.3 Å². The lowest BCUT2D eigenvalue weighted by atomic mass is 10.2. The average molecular weight is 300 g/mol. The molecule has 6 heteroatoms. The van der Waals surface area contributed by atoms with Crippen molar-refractivity contribution in [3.05, 3.63) is 48.3 Å². The Labute approximate surface area is 130 Å². The number of aliphatic hydroxyl groups is 1. The molecule has 0 fully saturated rings. The van der Waals surface area contributed by atoms with Gasteiger partial charge in [-0.3, -0.25) is 4.68 Å². The molecule has 0 radical (unpaired) electrons. The molecule has 0 saturated carbocycles. The summed E-state index contributed by atoms with van der Waals surface area (Å²) in [6, 6.07) is 10.9. The summed E-state index contributed by atoms with van der Waals surface area (Å²) in [7, 11) is 0. The molecule has 0 aliphatic carbocycles. The van der Waals surface area contributed by atoms with Gasteiger partial charge in [0, 0.05) is 25.0 Å². The van der Waals surface area contributed by atoms with Gasteiger partial charge >= 0.3 is 0 Å². The summed E-state index contributed by atoms with van der Waals surface area (Å²) < 4.78 is 7.33. The van der Waals surface area contributed by atoms with Crippen molar-refractivity contribution < 1.29 is 9.84 Å². The number of benzene rings is 1. The zero-order valence-corrected chi connectivity index (χ0v) is 12.5. The summed E-state index contributed by atoms with van der Waals surface area (Å²) in [5.74, 6) is 0.641. The van der Waals surface area contributed by atoms with Crippen LogP contribution in [0.5, 0.6) is 5.75 Å². The van der Waals surface area contributed by atoms with E-state index in [0.717, 1.165) is 6.54 Å². The Morgan fingerprint density at radius 1 is 1.41 bits per heavy atom. The normalized spacial score (nSPS) is 13.3. The fraction of sp³-hybridized carbons (Fsp3) is 0.375. The van der Waals surface area contributed by atoms with Gasteiger partial charge in [-0.25, -0.2) is 0 Å². The molecule has 22 heavy (non-hydrogen) atoms. The van der Waals surface area contributed by atoms with E-state index < -0.39 is 6.10 Å². The molecule has 0 unspecified atom stereocenters. The molecule has 2 rings (SSSR count). The Bertz CT molecular complexity index is 590. The fourth-order valence-electron chi connectivity index (χ4n) is 1.97. The standard InChI is InChI=1S/C16H20N4O2/c1-13(11-20-8-2-7-19-20)18-10-15(21)12-22-16-5-3-14(9-17)4-6-16/h2-8,13,15,18,21H,10-12H2,1H3/t13-,15+/m1/s1. The van der Waals surface area contributed by atoms with E-state index in [2.05, 4.69) is 10.4 Å². The summed E-state index contributed by atoms with van der Waals surface area (Å²) in [6.07, 6.45) is 3.05. The van der Waals surface area contributed by atoms with Gasteiger partial charge < -0.3 is 15.2 Å². The summed E-state index contributed by atoms with van der Waals surface area (Å²) in [4.78, 5) is 0. The molecule has 0 aliphatic rings. The van der Waals surface area contributed by atoms with Crippen molar-refractivity contribution in [2.45, 2.75) is 25.6 Å². The molecule has 0 bridgehead atoms. The van der Waals surface area contributed by atoms with Crippen LogP contribution < -0.4 is 10.1 Å². The van der Waals surface area contributed by atoms with Gasteiger partial charge in [-0.2, -0.15) is 10.4 Å². The van der Waals surface area contributed by atoms with Crippen LogP contribution in [-0.2, 0) is 6.54 Å². The zero-order chi connectivity index (χ0) is 15.8. The highest BCUT2D eigenvalue weighted by Crippen LogP contribution is 2.11. The van der Waals surface area contributed by atoms with Gasteiger partial charge in [0.1, 0.15) is 18.5 Å². The highest BCUT2D eigenvalue weighted by Gasteiger charge is 2.08. The number of nitriles is 1. The second kappa shape index (κ2) is 8.17. The first kappa shape index (κ1) is 16.0. The van der Waals surface area contributed by atoms with E-state index in [1.54, 1.807) is 30.5 Å². The lowest BCUT2D eigenvalue weighted by Crippen LogP contribution is -2.38. The monoisotopic (exact) mass is 300 g/mol. The van der Waals surface area contributed by atoms with E-state index in [1.807, 2.05) is 29.9 Å². The molecule has 1 heterocycles. The molecule has 1 aromatic heterocycles. The molecule has 0 saturated heterocycles. The third-order valence-electron chi connectivity index (χ3n) is 3.15. The lowest BCUT2D eigenvalue weighted by molar-refractivity contribution is 0.103. The van der Waals surface area contributed by atoms with Crippen molar-refractivity contribution in [2.75, 3.05) is 13.2 Å². The average Bonchev–Trinajstić information content (AvgIpc) is 3.04. The minimum Gasteiger partial charge on any atom is -0.491 e. The number of aliphatic hydroxyl groups excluding tert-OH is 1. The number of nitrogens with one attached hydrogen (secondary N) is 1. The van der Waals surface area contributed by atoms with Gasteiger partial charge in [-0.05, 0) is 37.3 Å². The quantitative estimate of drug-likeness (QED) is 0.764. The molecular weight excluding hydrogens is 280 g/mol. The van der Waals surface area contributed by atoms with Crippen molar-refractivity contribution >= 4 is 0 Å². The minimum atomic E-state index is -0.601. The van der Waals surface area contributed by atoms with Crippen molar-refractivity contribution in [2.24, 2.45) is 0 Å². The molecule has 116 valence electrons. The van der Waals surface area contributed by atoms with Gasteiger partial charge in [0.25, 0.3) is 0 Å². The minimum absolute atomic E-state index is 0.199. The second-order valence-electron chi connectivity index (χ2n) is 5.14. The predicted molar refractivity (Wildman–Crippen MR) is 82.4 cm³/mol. The van der Waals surface area contributed by atoms with Crippen molar-refractivity contribution in [3.8, 4) is 11.8 Å². The molecule has 0 spiro atoms. The molecule has 0 amide bonds. The van der Waals surface area contributed by atoms with Gasteiger partial charge in [-0.15, -0.1) is 0 Å². The van der Waals surface area contributed by atoms with E-state index in [0.29, 0.717) is 17.9 Å². The molecule has 1 aromatic carbocycles. The van der Waals surface area contributed by atoms with E-state index in [1.165, 1.54) is 0 Å². The fourth-order valence-corrected chi connectivity index (χ4v) is 1.97. The summed E-state index contributed by atoms with van der Waals surface area (Å²) in [5, 5.41) is 26.0.